The number of hydrogen-bond acceptors (Lipinski definition) is 1. The van der Waals surface area contributed by atoms with Crippen molar-refractivity contribution in [1.29, 1.82) is 0 Å². The average Bonchev–Trinajstić information content (AvgIpc) is 2.00. The molecule has 0 heterocycles. The fraction of sp³-hybridized carbons (Fsp3) is 0.571. The highest BCUT2D eigenvalue weighted by atomic mass is 28.3. The van der Waals surface area contributed by atoms with Crippen LogP contribution in [0.25, 0.3) is 0 Å². The van der Waals surface area contributed by atoms with Crippen molar-refractivity contribution in [2.75, 3.05) is 7.05 Å². The summed E-state index contributed by atoms with van der Waals surface area (Å²) in [5, 5.41) is 0. The summed E-state index contributed by atoms with van der Waals surface area (Å²) in [6.07, 6.45) is -4.79. The molecular formula is C7H12F3NOSi. The molecule has 1 amide bonds. The summed E-state index contributed by atoms with van der Waals surface area (Å²) in [6, 6.07) is 0. The van der Waals surface area contributed by atoms with E-state index >= 15 is 0 Å². The van der Waals surface area contributed by atoms with Crippen LogP contribution < -0.4 is 0 Å². The van der Waals surface area contributed by atoms with E-state index in [0.29, 0.717) is 0 Å². The number of hydrogen-bond donors (Lipinski definition) is 0. The lowest BCUT2D eigenvalue weighted by Gasteiger charge is -2.31. The summed E-state index contributed by atoms with van der Waals surface area (Å²) in [6.45, 7) is 6.65. The largest absolute Gasteiger partial charge is 0.470 e. The van der Waals surface area contributed by atoms with Crippen molar-refractivity contribution in [2.24, 2.45) is 0 Å². The first-order chi connectivity index (χ1) is 5.63. The lowest BCUT2D eigenvalue weighted by molar-refractivity contribution is -0.179. The van der Waals surface area contributed by atoms with Gasteiger partial charge in [0.2, 0.25) is 0 Å². The van der Waals surface area contributed by atoms with Crippen LogP contribution in [0.4, 0.5) is 13.2 Å². The van der Waals surface area contributed by atoms with Crippen LogP contribution in [-0.2, 0) is 4.79 Å². The summed E-state index contributed by atoms with van der Waals surface area (Å²) in [5.41, 5.74) is 1.43. The fourth-order valence-electron chi connectivity index (χ4n) is 0.589. The quantitative estimate of drug-likeness (QED) is 0.639. The number of carbonyl (C=O) groups excluding carboxylic acids is 1. The summed E-state index contributed by atoms with van der Waals surface area (Å²) in [7, 11) is -1.27. The van der Waals surface area contributed by atoms with E-state index in [1.165, 1.54) is 5.70 Å². The molecule has 0 saturated carbocycles. The second-order valence-electron chi connectivity index (χ2n) is 3.22. The molecule has 0 fully saturated rings. The topological polar surface area (TPSA) is 20.3 Å². The molecule has 0 atom stereocenters. The highest BCUT2D eigenvalue weighted by Crippen LogP contribution is 2.21. The highest BCUT2D eigenvalue weighted by molar-refractivity contribution is 6.81. The van der Waals surface area contributed by atoms with E-state index in [-0.39, 0.29) is 0 Å². The van der Waals surface area contributed by atoms with Gasteiger partial charge in [-0.1, -0.05) is 5.70 Å². The minimum Gasteiger partial charge on any atom is -0.361 e. The second-order valence-corrected chi connectivity index (χ2v) is 7.61. The average molecular weight is 211 g/mol. The Kier molecular flexibility index (Phi) is 3.32. The molecule has 0 bridgehead atoms. The van der Waals surface area contributed by atoms with Crippen molar-refractivity contribution in [3.8, 4) is 0 Å². The Labute approximate surface area is 76.1 Å². The van der Waals surface area contributed by atoms with Gasteiger partial charge in [-0.3, -0.25) is 4.79 Å². The number of halogens is 3. The minimum atomic E-state index is -4.79. The molecular weight excluding hydrogens is 199 g/mol. The van der Waals surface area contributed by atoms with Crippen molar-refractivity contribution in [2.45, 2.75) is 19.3 Å². The van der Waals surface area contributed by atoms with Crippen LogP contribution in [-0.4, -0.2) is 31.9 Å². The van der Waals surface area contributed by atoms with Crippen molar-refractivity contribution in [3.05, 3.63) is 12.3 Å². The first kappa shape index (κ1) is 12.2. The molecule has 0 N–H and O–H groups in total. The molecule has 0 spiro atoms. The maximum atomic E-state index is 12.0. The van der Waals surface area contributed by atoms with Gasteiger partial charge in [0.15, 0.2) is 8.24 Å². The van der Waals surface area contributed by atoms with Gasteiger partial charge in [0, 0.05) is 7.05 Å². The van der Waals surface area contributed by atoms with Crippen LogP contribution >= 0.6 is 0 Å². The van der Waals surface area contributed by atoms with E-state index in [4.69, 9.17) is 0 Å². The molecule has 2 nitrogen and oxygen atoms in total. The normalized spacial score (nSPS) is 12.5. The Morgan fingerprint density at radius 1 is 1.46 bits per heavy atom. The Balaban J connectivity index is 4.72. The molecule has 76 valence electrons. The molecule has 0 radical (unpaired) electrons. The summed E-state index contributed by atoms with van der Waals surface area (Å²) in [5.74, 6) is -1.80. The van der Waals surface area contributed by atoms with Gasteiger partial charge in [-0.15, -0.1) is 6.58 Å². The van der Waals surface area contributed by atoms with Crippen molar-refractivity contribution >= 4 is 14.1 Å². The van der Waals surface area contributed by atoms with E-state index in [1.807, 2.05) is 0 Å². The molecule has 6 heteroatoms. The molecule has 0 aromatic rings. The first-order valence-electron chi connectivity index (χ1n) is 3.61. The van der Waals surface area contributed by atoms with Gasteiger partial charge in [0.05, 0.1) is 0 Å². The van der Waals surface area contributed by atoms with Gasteiger partial charge < -0.3 is 4.57 Å². The van der Waals surface area contributed by atoms with Crippen molar-refractivity contribution in [3.63, 3.8) is 0 Å². The molecule has 0 rings (SSSR count). The Morgan fingerprint density at radius 2 is 1.85 bits per heavy atom. The molecule has 13 heavy (non-hydrogen) atoms. The number of alkyl halides is 3. The minimum absolute atomic E-state index is 0.750. The standard InChI is InChI=1S/C7H12F3NOSi/c1-5-13(3,4)11(2)6(12)7(8,9)10/h5H,1H2,2-4H3. The molecule has 0 aliphatic carbocycles. The SMILES string of the molecule is C=C[Si](C)(C)N(C)C(=O)C(F)(F)F. The van der Waals surface area contributed by atoms with Crippen LogP contribution in [0.3, 0.4) is 0 Å². The van der Waals surface area contributed by atoms with Crippen LogP contribution in [0.15, 0.2) is 12.3 Å². The van der Waals surface area contributed by atoms with Crippen LogP contribution in [0.5, 0.6) is 0 Å². The van der Waals surface area contributed by atoms with Gasteiger partial charge in [-0.25, -0.2) is 0 Å². The van der Waals surface area contributed by atoms with Gasteiger partial charge in [0.1, 0.15) is 0 Å². The summed E-state index contributed by atoms with van der Waals surface area (Å²) < 4.78 is 36.6. The monoisotopic (exact) mass is 211 g/mol. The number of amides is 1. The Morgan fingerprint density at radius 3 is 2.08 bits per heavy atom. The lowest BCUT2D eigenvalue weighted by atomic mass is 10.6. The zero-order valence-electron chi connectivity index (χ0n) is 7.77. The van der Waals surface area contributed by atoms with Crippen LogP contribution in [0, 0.1) is 0 Å². The smallest absolute Gasteiger partial charge is 0.361 e. The molecule has 0 aliphatic heterocycles. The van der Waals surface area contributed by atoms with E-state index in [9.17, 15) is 18.0 Å². The zero-order valence-corrected chi connectivity index (χ0v) is 8.77. The number of rotatable bonds is 2. The van der Waals surface area contributed by atoms with Gasteiger partial charge in [0.25, 0.3) is 0 Å². The second kappa shape index (κ2) is 3.53. The number of carbonyl (C=O) groups is 1. The third-order valence-electron chi connectivity index (χ3n) is 1.91. The molecule has 0 saturated heterocycles. The zero-order chi connectivity index (χ0) is 10.9. The van der Waals surface area contributed by atoms with Gasteiger partial charge >= 0.3 is 12.1 Å². The Bertz CT molecular complexity index is 224. The number of nitrogens with zero attached hydrogens (tertiary/aromatic N) is 1. The third-order valence-corrected chi connectivity index (χ3v) is 4.84. The molecule has 0 aromatic heterocycles. The summed E-state index contributed by atoms with van der Waals surface area (Å²) in [4.78, 5) is 10.8. The van der Waals surface area contributed by atoms with E-state index < -0.39 is 20.3 Å². The van der Waals surface area contributed by atoms with Crippen molar-refractivity contribution < 1.29 is 18.0 Å². The van der Waals surface area contributed by atoms with Gasteiger partial charge in [-0.05, 0) is 13.1 Å². The predicted molar refractivity (Wildman–Crippen MR) is 46.5 cm³/mol. The van der Waals surface area contributed by atoms with Gasteiger partial charge in [-0.2, -0.15) is 13.2 Å². The fourth-order valence-corrected chi connectivity index (χ4v) is 1.51. The highest BCUT2D eigenvalue weighted by Gasteiger charge is 2.44. The predicted octanol–water partition coefficient (Wildman–Crippen LogP) is 1.94. The maximum Gasteiger partial charge on any atom is 0.470 e. The lowest BCUT2D eigenvalue weighted by Crippen LogP contribution is -2.52. The van der Waals surface area contributed by atoms with Crippen LogP contribution in [0.2, 0.25) is 13.1 Å². The molecule has 0 aromatic carbocycles. The first-order valence-corrected chi connectivity index (χ1v) is 6.64. The van der Waals surface area contributed by atoms with E-state index in [2.05, 4.69) is 6.58 Å². The Hall–Kier alpha value is -0.783. The van der Waals surface area contributed by atoms with Crippen molar-refractivity contribution in [1.82, 2.24) is 4.57 Å². The molecule has 0 aliphatic rings. The molecule has 0 unspecified atom stereocenters. The van der Waals surface area contributed by atoms with E-state index in [1.54, 1.807) is 13.1 Å². The van der Waals surface area contributed by atoms with E-state index in [0.717, 1.165) is 11.6 Å². The maximum absolute atomic E-state index is 12.0. The summed E-state index contributed by atoms with van der Waals surface area (Å²) >= 11 is 0. The van der Waals surface area contributed by atoms with Crippen LogP contribution in [0.1, 0.15) is 0 Å². The third kappa shape index (κ3) is 2.87.